The average Bonchev–Trinajstić information content (AvgIpc) is 2.35. The molecule has 1 unspecified atom stereocenters. The largest absolute Gasteiger partial charge is 0.396 e. The predicted molar refractivity (Wildman–Crippen MR) is 70.4 cm³/mol. The number of rotatable bonds is 6. The summed E-state index contributed by atoms with van der Waals surface area (Å²) in [7, 11) is 0. The fraction of sp³-hybridized carbons (Fsp3) is 0.462. The fourth-order valence-corrected chi connectivity index (χ4v) is 1.56. The normalized spacial score (nSPS) is 12.2. The van der Waals surface area contributed by atoms with E-state index in [1.165, 1.54) is 0 Å². The molecule has 0 aromatic heterocycles. The third kappa shape index (κ3) is 4.75. The van der Waals surface area contributed by atoms with Gasteiger partial charge in [0.15, 0.2) is 0 Å². The summed E-state index contributed by atoms with van der Waals surface area (Å²) < 4.78 is 0. The van der Waals surface area contributed by atoms with Crippen LogP contribution in [0.15, 0.2) is 24.3 Å². The van der Waals surface area contributed by atoms with E-state index in [1.807, 2.05) is 24.3 Å². The molecular formula is C13H18ClNO2. The summed E-state index contributed by atoms with van der Waals surface area (Å²) in [5.41, 5.74) is 1.89. The van der Waals surface area contributed by atoms with E-state index in [-0.39, 0.29) is 18.4 Å². The zero-order chi connectivity index (χ0) is 12.7. The van der Waals surface area contributed by atoms with Crippen molar-refractivity contribution >= 4 is 23.2 Å². The highest BCUT2D eigenvalue weighted by molar-refractivity contribution is 6.19. The first-order valence-electron chi connectivity index (χ1n) is 5.74. The van der Waals surface area contributed by atoms with Gasteiger partial charge in [0, 0.05) is 24.1 Å². The standard InChI is InChI=1S/C13H18ClNO2/c1-10(9-14)13(17)15-12-6-2-4-11(8-12)5-3-7-16/h2,4,6,8,10,16H,3,5,7,9H2,1H3,(H,15,17). The number of anilines is 1. The van der Waals surface area contributed by atoms with Crippen LogP contribution < -0.4 is 5.32 Å². The Kier molecular flexibility index (Phi) is 6.01. The van der Waals surface area contributed by atoms with Crippen molar-refractivity contribution in [2.45, 2.75) is 19.8 Å². The number of aryl methyl sites for hydroxylation is 1. The summed E-state index contributed by atoms with van der Waals surface area (Å²) in [6.45, 7) is 1.97. The smallest absolute Gasteiger partial charge is 0.228 e. The first kappa shape index (κ1) is 14.0. The number of hydrogen-bond donors (Lipinski definition) is 2. The van der Waals surface area contributed by atoms with Crippen LogP contribution in [0.1, 0.15) is 18.9 Å². The van der Waals surface area contributed by atoms with Crippen LogP contribution in [0.2, 0.25) is 0 Å². The molecule has 1 amide bonds. The van der Waals surface area contributed by atoms with E-state index in [4.69, 9.17) is 16.7 Å². The minimum atomic E-state index is -0.197. The molecule has 0 fully saturated rings. The van der Waals surface area contributed by atoms with Gasteiger partial charge < -0.3 is 10.4 Å². The van der Waals surface area contributed by atoms with Gasteiger partial charge in [0.05, 0.1) is 0 Å². The maximum Gasteiger partial charge on any atom is 0.228 e. The molecule has 0 saturated heterocycles. The number of carbonyl (C=O) groups is 1. The Hall–Kier alpha value is -1.06. The molecule has 0 radical (unpaired) electrons. The molecule has 0 spiro atoms. The molecule has 1 aromatic rings. The lowest BCUT2D eigenvalue weighted by molar-refractivity contribution is -0.118. The Morgan fingerprint density at radius 1 is 1.53 bits per heavy atom. The van der Waals surface area contributed by atoms with Crippen molar-refractivity contribution in [1.29, 1.82) is 0 Å². The van der Waals surface area contributed by atoms with E-state index < -0.39 is 0 Å². The molecule has 1 rings (SSSR count). The van der Waals surface area contributed by atoms with Crippen molar-refractivity contribution in [1.82, 2.24) is 0 Å². The summed E-state index contributed by atoms with van der Waals surface area (Å²) in [5.74, 6) is 0.0489. The lowest BCUT2D eigenvalue weighted by Gasteiger charge is -2.10. The van der Waals surface area contributed by atoms with Gasteiger partial charge in [0.1, 0.15) is 0 Å². The summed E-state index contributed by atoms with van der Waals surface area (Å²) in [6.07, 6.45) is 1.54. The van der Waals surface area contributed by atoms with Crippen LogP contribution in [0.4, 0.5) is 5.69 Å². The Bertz CT molecular complexity index is 368. The maximum absolute atomic E-state index is 11.6. The molecule has 2 N–H and O–H groups in total. The molecule has 0 aliphatic carbocycles. The van der Waals surface area contributed by atoms with Gasteiger partial charge in [-0.3, -0.25) is 4.79 Å². The van der Waals surface area contributed by atoms with Crippen molar-refractivity contribution in [2.75, 3.05) is 17.8 Å². The van der Waals surface area contributed by atoms with Crippen LogP contribution in [0, 0.1) is 5.92 Å². The van der Waals surface area contributed by atoms with Gasteiger partial charge in [0.2, 0.25) is 5.91 Å². The van der Waals surface area contributed by atoms with Gasteiger partial charge in [-0.15, -0.1) is 11.6 Å². The number of hydrogen-bond acceptors (Lipinski definition) is 2. The van der Waals surface area contributed by atoms with Gasteiger partial charge in [0.25, 0.3) is 0 Å². The topological polar surface area (TPSA) is 49.3 Å². The number of aliphatic hydroxyl groups is 1. The minimum absolute atomic E-state index is 0.0701. The van der Waals surface area contributed by atoms with Crippen molar-refractivity contribution in [3.8, 4) is 0 Å². The van der Waals surface area contributed by atoms with Gasteiger partial charge in [-0.1, -0.05) is 19.1 Å². The van der Waals surface area contributed by atoms with E-state index >= 15 is 0 Å². The number of nitrogens with one attached hydrogen (secondary N) is 1. The molecular weight excluding hydrogens is 238 g/mol. The average molecular weight is 256 g/mol. The van der Waals surface area contributed by atoms with E-state index in [0.29, 0.717) is 5.88 Å². The second-order valence-electron chi connectivity index (χ2n) is 4.07. The third-order valence-corrected chi connectivity index (χ3v) is 2.96. The molecule has 0 bridgehead atoms. The second-order valence-corrected chi connectivity index (χ2v) is 4.38. The Morgan fingerprint density at radius 3 is 2.94 bits per heavy atom. The molecule has 0 aliphatic heterocycles. The van der Waals surface area contributed by atoms with Crippen LogP contribution in [0.25, 0.3) is 0 Å². The lowest BCUT2D eigenvalue weighted by atomic mass is 10.1. The molecule has 0 aliphatic rings. The Morgan fingerprint density at radius 2 is 2.29 bits per heavy atom. The lowest BCUT2D eigenvalue weighted by Crippen LogP contribution is -2.21. The van der Waals surface area contributed by atoms with Crippen LogP contribution in [-0.2, 0) is 11.2 Å². The molecule has 4 heteroatoms. The molecule has 1 atom stereocenters. The number of alkyl halides is 1. The maximum atomic E-state index is 11.6. The van der Waals surface area contributed by atoms with E-state index in [0.717, 1.165) is 24.1 Å². The van der Waals surface area contributed by atoms with Crippen molar-refractivity contribution in [2.24, 2.45) is 5.92 Å². The molecule has 3 nitrogen and oxygen atoms in total. The number of halogens is 1. The number of carbonyl (C=O) groups excluding carboxylic acids is 1. The highest BCUT2D eigenvalue weighted by atomic mass is 35.5. The van der Waals surface area contributed by atoms with Gasteiger partial charge in [-0.2, -0.15) is 0 Å². The summed E-state index contributed by atoms with van der Waals surface area (Å²) >= 11 is 5.62. The molecule has 1 aromatic carbocycles. The Labute approximate surface area is 107 Å². The number of benzene rings is 1. The zero-order valence-electron chi connectivity index (χ0n) is 9.95. The van der Waals surface area contributed by atoms with Gasteiger partial charge in [-0.25, -0.2) is 0 Å². The monoisotopic (exact) mass is 255 g/mol. The third-order valence-electron chi connectivity index (χ3n) is 2.50. The SMILES string of the molecule is CC(CCl)C(=O)Nc1cccc(CCCO)c1. The van der Waals surface area contributed by atoms with Crippen molar-refractivity contribution < 1.29 is 9.90 Å². The first-order valence-corrected chi connectivity index (χ1v) is 6.27. The summed E-state index contributed by atoms with van der Waals surface area (Å²) in [5, 5.41) is 11.6. The quantitative estimate of drug-likeness (QED) is 0.767. The van der Waals surface area contributed by atoms with Gasteiger partial charge in [-0.05, 0) is 30.5 Å². The first-order chi connectivity index (χ1) is 8.17. The fourth-order valence-electron chi connectivity index (χ4n) is 1.42. The summed E-state index contributed by atoms with van der Waals surface area (Å²) in [6, 6.07) is 7.65. The van der Waals surface area contributed by atoms with Gasteiger partial charge >= 0.3 is 0 Å². The highest BCUT2D eigenvalue weighted by Gasteiger charge is 2.11. The minimum Gasteiger partial charge on any atom is -0.396 e. The van der Waals surface area contributed by atoms with Crippen molar-refractivity contribution in [3.05, 3.63) is 29.8 Å². The predicted octanol–water partition coefficient (Wildman–Crippen LogP) is 2.42. The van der Waals surface area contributed by atoms with Crippen LogP contribution >= 0.6 is 11.6 Å². The van der Waals surface area contributed by atoms with Crippen LogP contribution in [0.3, 0.4) is 0 Å². The van der Waals surface area contributed by atoms with Crippen molar-refractivity contribution in [3.63, 3.8) is 0 Å². The van der Waals surface area contributed by atoms with Crippen LogP contribution in [-0.4, -0.2) is 23.5 Å². The number of amides is 1. The summed E-state index contributed by atoms with van der Waals surface area (Å²) in [4.78, 5) is 11.6. The number of aliphatic hydroxyl groups excluding tert-OH is 1. The van der Waals surface area contributed by atoms with E-state index in [2.05, 4.69) is 5.32 Å². The molecule has 0 saturated carbocycles. The zero-order valence-corrected chi connectivity index (χ0v) is 10.7. The molecule has 17 heavy (non-hydrogen) atoms. The highest BCUT2D eigenvalue weighted by Crippen LogP contribution is 2.13. The molecule has 94 valence electrons. The second kappa shape index (κ2) is 7.30. The van der Waals surface area contributed by atoms with E-state index in [1.54, 1.807) is 6.92 Å². The van der Waals surface area contributed by atoms with E-state index in [9.17, 15) is 4.79 Å². The van der Waals surface area contributed by atoms with Crippen LogP contribution in [0.5, 0.6) is 0 Å². The Balaban J connectivity index is 2.62. The molecule has 0 heterocycles.